The second-order valence-corrected chi connectivity index (χ2v) is 11.6. The number of rotatable bonds is 8. The number of carbonyl (C=O) groups is 1. The number of anilines is 1. The summed E-state index contributed by atoms with van der Waals surface area (Å²) in [5.41, 5.74) is 2.59. The molecule has 3 fully saturated rings. The lowest BCUT2D eigenvalue weighted by molar-refractivity contribution is -0.0344. The molecule has 42 heavy (non-hydrogen) atoms. The van der Waals surface area contributed by atoms with Crippen molar-refractivity contribution < 1.29 is 23.8 Å². The Labute approximate surface area is 244 Å². The quantitative estimate of drug-likeness (QED) is 0.402. The van der Waals surface area contributed by atoms with Crippen LogP contribution in [0.15, 0.2) is 48.7 Å². The van der Waals surface area contributed by atoms with Crippen LogP contribution in [0.2, 0.25) is 0 Å². The number of aliphatic hydroxyl groups excluding tert-OH is 1. The first kappa shape index (κ1) is 27.9. The van der Waals surface area contributed by atoms with Crippen molar-refractivity contribution in [3.8, 4) is 29.0 Å². The van der Waals surface area contributed by atoms with Crippen molar-refractivity contribution in [2.45, 2.75) is 63.7 Å². The summed E-state index contributed by atoms with van der Waals surface area (Å²) in [6.45, 7) is 3.86. The minimum Gasteiger partial charge on any atom is -0.488 e. The molecule has 9 nitrogen and oxygen atoms in total. The number of aromatic nitrogens is 2. The summed E-state index contributed by atoms with van der Waals surface area (Å²) in [6, 6.07) is 13.5. The van der Waals surface area contributed by atoms with Crippen molar-refractivity contribution in [3.63, 3.8) is 0 Å². The minimum atomic E-state index is -0.421. The Morgan fingerprint density at radius 3 is 2.83 bits per heavy atom. The Morgan fingerprint density at radius 1 is 1.24 bits per heavy atom. The van der Waals surface area contributed by atoms with Gasteiger partial charge in [0.1, 0.15) is 18.0 Å². The number of nitrogens with one attached hydrogen (secondary N) is 1. The molecule has 2 atom stereocenters. The largest absolute Gasteiger partial charge is 0.488 e. The van der Waals surface area contributed by atoms with E-state index in [2.05, 4.69) is 21.3 Å². The number of carbonyl (C=O) groups excluding carboxylic acids is 1. The lowest BCUT2D eigenvalue weighted by Gasteiger charge is -2.59. The molecular weight excluding hydrogens is 537 g/mol. The number of hydrogen-bond acceptors (Lipinski definition) is 8. The number of ether oxygens (including phenoxy) is 2. The summed E-state index contributed by atoms with van der Waals surface area (Å²) in [7, 11) is 0. The zero-order valence-corrected chi connectivity index (χ0v) is 23.6. The SMILES string of the molecule is CCOc1ncccc1-c1ccc(OC2CC3(C2)CN(c2ccc(F)cc2C#N)C3)c(C(=O)NC2CCCC(O)C2)n1. The van der Waals surface area contributed by atoms with Crippen LogP contribution in [0.1, 0.15) is 61.5 Å². The van der Waals surface area contributed by atoms with Gasteiger partial charge in [-0.1, -0.05) is 0 Å². The summed E-state index contributed by atoms with van der Waals surface area (Å²) < 4.78 is 25.7. The van der Waals surface area contributed by atoms with Crippen molar-refractivity contribution in [2.24, 2.45) is 5.41 Å². The van der Waals surface area contributed by atoms with E-state index in [1.807, 2.05) is 19.1 Å². The predicted molar refractivity (Wildman–Crippen MR) is 154 cm³/mol. The van der Waals surface area contributed by atoms with Gasteiger partial charge in [-0.05, 0) is 87.9 Å². The molecular formula is C32H34FN5O4. The Hall–Kier alpha value is -4.23. The van der Waals surface area contributed by atoms with Gasteiger partial charge in [-0.3, -0.25) is 4.79 Å². The normalized spacial score (nSPS) is 21.1. The summed E-state index contributed by atoms with van der Waals surface area (Å²) in [5.74, 6) is 0.103. The van der Waals surface area contributed by atoms with Gasteiger partial charge in [0.2, 0.25) is 5.88 Å². The van der Waals surface area contributed by atoms with E-state index in [9.17, 15) is 19.6 Å². The van der Waals surface area contributed by atoms with Crippen molar-refractivity contribution in [1.29, 1.82) is 5.26 Å². The molecule has 2 unspecified atom stereocenters. The number of benzene rings is 1. The molecule has 1 spiro atoms. The first-order valence-corrected chi connectivity index (χ1v) is 14.6. The van der Waals surface area contributed by atoms with Gasteiger partial charge in [-0.2, -0.15) is 5.26 Å². The molecule has 3 aliphatic rings. The van der Waals surface area contributed by atoms with Crippen LogP contribution in [0.3, 0.4) is 0 Å². The van der Waals surface area contributed by atoms with Crippen LogP contribution in [-0.2, 0) is 0 Å². The van der Waals surface area contributed by atoms with Crippen molar-refractivity contribution in [3.05, 3.63) is 65.7 Å². The third kappa shape index (κ3) is 5.61. The molecule has 2 saturated carbocycles. The highest BCUT2D eigenvalue weighted by Gasteiger charge is 2.54. The maximum absolute atomic E-state index is 13.6. The van der Waals surface area contributed by atoms with Gasteiger partial charge in [0, 0.05) is 30.7 Å². The van der Waals surface area contributed by atoms with Crippen LogP contribution in [0, 0.1) is 22.6 Å². The summed E-state index contributed by atoms with van der Waals surface area (Å²) >= 11 is 0. The average Bonchev–Trinajstić information content (AvgIpc) is 2.94. The average molecular weight is 572 g/mol. The second kappa shape index (κ2) is 11.6. The third-order valence-corrected chi connectivity index (χ3v) is 8.47. The van der Waals surface area contributed by atoms with Crippen molar-refractivity contribution in [1.82, 2.24) is 15.3 Å². The fourth-order valence-electron chi connectivity index (χ4n) is 6.48. The van der Waals surface area contributed by atoms with Gasteiger partial charge >= 0.3 is 0 Å². The van der Waals surface area contributed by atoms with Gasteiger partial charge in [0.25, 0.3) is 5.91 Å². The van der Waals surface area contributed by atoms with Crippen LogP contribution in [0.25, 0.3) is 11.3 Å². The number of aliphatic hydroxyl groups is 1. The van der Waals surface area contributed by atoms with Crippen LogP contribution < -0.4 is 19.7 Å². The molecule has 1 aromatic carbocycles. The van der Waals surface area contributed by atoms with Crippen LogP contribution in [0.5, 0.6) is 11.6 Å². The van der Waals surface area contributed by atoms with E-state index >= 15 is 0 Å². The van der Waals surface area contributed by atoms with Gasteiger partial charge in [0.15, 0.2) is 11.4 Å². The minimum absolute atomic E-state index is 0.0713. The first-order chi connectivity index (χ1) is 20.4. The highest BCUT2D eigenvalue weighted by Crippen LogP contribution is 2.51. The van der Waals surface area contributed by atoms with E-state index < -0.39 is 11.9 Å². The first-order valence-electron chi connectivity index (χ1n) is 14.6. The van der Waals surface area contributed by atoms with E-state index in [-0.39, 0.29) is 29.2 Å². The van der Waals surface area contributed by atoms with E-state index in [4.69, 9.17) is 14.5 Å². The molecule has 6 rings (SSSR count). The zero-order valence-electron chi connectivity index (χ0n) is 23.6. The molecule has 2 aliphatic carbocycles. The summed E-state index contributed by atoms with van der Waals surface area (Å²) in [5, 5.41) is 22.6. The fourth-order valence-corrected chi connectivity index (χ4v) is 6.48. The number of hydrogen-bond donors (Lipinski definition) is 2. The summed E-state index contributed by atoms with van der Waals surface area (Å²) in [6.07, 6.45) is 5.68. The monoisotopic (exact) mass is 571 g/mol. The van der Waals surface area contributed by atoms with Gasteiger partial charge < -0.3 is 24.8 Å². The Bertz CT molecular complexity index is 1510. The lowest BCUT2D eigenvalue weighted by atomic mass is 9.61. The molecule has 2 N–H and O–H groups in total. The number of amides is 1. The Balaban J connectivity index is 1.18. The standard InChI is InChI=1S/C32H34FN5O4/c1-2-41-31-25(7-4-12-35-31)26-9-11-28(29(37-26)30(40)36-22-5-3-6-23(39)14-22)42-24-15-32(16-24)18-38(19-32)27-10-8-21(33)13-20(27)17-34/h4,7-13,22-24,39H,2-3,5-6,14-16,18-19H2,1H3,(H,36,40). The number of nitriles is 1. The van der Waals surface area contributed by atoms with E-state index in [0.717, 1.165) is 50.9 Å². The highest BCUT2D eigenvalue weighted by molar-refractivity contribution is 5.96. The maximum atomic E-state index is 13.6. The zero-order chi connectivity index (χ0) is 29.3. The second-order valence-electron chi connectivity index (χ2n) is 11.6. The fraction of sp³-hybridized carbons (Fsp3) is 0.438. The van der Waals surface area contributed by atoms with Crippen LogP contribution in [0.4, 0.5) is 10.1 Å². The molecule has 1 amide bonds. The van der Waals surface area contributed by atoms with Crippen molar-refractivity contribution in [2.75, 3.05) is 24.6 Å². The molecule has 3 aromatic rings. The number of pyridine rings is 2. The summed E-state index contributed by atoms with van der Waals surface area (Å²) in [4.78, 5) is 24.7. The van der Waals surface area contributed by atoms with Gasteiger partial charge in [-0.15, -0.1) is 0 Å². The van der Waals surface area contributed by atoms with Gasteiger partial charge in [0.05, 0.1) is 35.2 Å². The predicted octanol–water partition coefficient (Wildman–Crippen LogP) is 4.63. The molecule has 0 radical (unpaired) electrons. The van der Waals surface area contributed by atoms with Crippen LogP contribution >= 0.6 is 0 Å². The highest BCUT2D eigenvalue weighted by atomic mass is 19.1. The smallest absolute Gasteiger partial charge is 0.273 e. The molecule has 1 saturated heterocycles. The molecule has 2 aromatic heterocycles. The number of halogens is 1. The molecule has 10 heteroatoms. The van der Waals surface area contributed by atoms with E-state index in [0.29, 0.717) is 41.5 Å². The van der Waals surface area contributed by atoms with E-state index in [1.54, 1.807) is 24.4 Å². The topological polar surface area (TPSA) is 121 Å². The number of nitrogens with zero attached hydrogens (tertiary/aromatic N) is 4. The molecule has 3 heterocycles. The maximum Gasteiger partial charge on any atom is 0.273 e. The Morgan fingerprint density at radius 2 is 2.07 bits per heavy atom. The molecule has 218 valence electrons. The molecule has 0 bridgehead atoms. The van der Waals surface area contributed by atoms with Crippen LogP contribution in [-0.4, -0.2) is 58.9 Å². The van der Waals surface area contributed by atoms with Gasteiger partial charge in [-0.25, -0.2) is 14.4 Å². The van der Waals surface area contributed by atoms with E-state index in [1.165, 1.54) is 12.1 Å². The van der Waals surface area contributed by atoms with Crippen molar-refractivity contribution >= 4 is 11.6 Å². The third-order valence-electron chi connectivity index (χ3n) is 8.47. The lowest BCUT2D eigenvalue weighted by Crippen LogP contribution is -2.65. The molecule has 1 aliphatic heterocycles. The Kier molecular flexibility index (Phi) is 7.69.